The molecule has 0 fully saturated rings. The molecule has 0 aromatic heterocycles. The fourth-order valence-electron chi connectivity index (χ4n) is 0.896. The van der Waals surface area contributed by atoms with E-state index >= 15 is 0 Å². The van der Waals surface area contributed by atoms with Crippen LogP contribution in [0, 0.1) is 0 Å². The number of alkyl halides is 1. The maximum Gasteiger partial charge on any atom is 0.120 e. The Kier molecular flexibility index (Phi) is 4.33. The molecule has 0 saturated carbocycles. The lowest BCUT2D eigenvalue weighted by Gasteiger charge is -2.06. The number of benzene rings is 1. The van der Waals surface area contributed by atoms with Crippen molar-refractivity contribution in [2.45, 2.75) is 0 Å². The third kappa shape index (κ3) is 3.30. The molecule has 3 heteroatoms. The summed E-state index contributed by atoms with van der Waals surface area (Å²) >= 11 is 5.57. The average Bonchev–Trinajstić information content (AvgIpc) is 2.26. The van der Waals surface area contributed by atoms with Gasteiger partial charge < -0.3 is 9.47 Å². The van der Waals surface area contributed by atoms with Crippen LogP contribution in [0.4, 0.5) is 0 Å². The largest absolute Gasteiger partial charge is 0.497 e. The van der Waals surface area contributed by atoms with E-state index in [0.717, 1.165) is 17.1 Å². The van der Waals surface area contributed by atoms with Gasteiger partial charge >= 0.3 is 0 Å². The smallest absolute Gasteiger partial charge is 0.120 e. The first-order valence-corrected chi connectivity index (χ1v) is 4.79. The van der Waals surface area contributed by atoms with Crippen molar-refractivity contribution in [3.8, 4) is 11.5 Å². The molecule has 0 atom stereocenters. The lowest BCUT2D eigenvalue weighted by molar-refractivity contribution is 0.351. The average molecular weight is 213 g/mol. The van der Waals surface area contributed by atoms with Crippen LogP contribution in [0.15, 0.2) is 36.4 Å². The van der Waals surface area contributed by atoms with E-state index in [0.29, 0.717) is 12.5 Å². The van der Waals surface area contributed by atoms with Crippen molar-refractivity contribution in [1.29, 1.82) is 0 Å². The van der Waals surface area contributed by atoms with Gasteiger partial charge in [-0.1, -0.05) is 6.58 Å². The summed E-state index contributed by atoms with van der Waals surface area (Å²) in [6.07, 6.45) is 0. The molecule has 1 rings (SSSR count). The second-order valence-electron chi connectivity index (χ2n) is 2.85. The minimum atomic E-state index is 0.427. The molecule has 0 aliphatic heterocycles. The van der Waals surface area contributed by atoms with E-state index < -0.39 is 0 Å². The van der Waals surface area contributed by atoms with E-state index in [9.17, 15) is 0 Å². The van der Waals surface area contributed by atoms with Crippen molar-refractivity contribution in [3.05, 3.63) is 36.4 Å². The molecule has 0 radical (unpaired) electrons. The quantitative estimate of drug-likeness (QED) is 0.552. The predicted molar refractivity (Wildman–Crippen MR) is 58.3 cm³/mol. The predicted octanol–water partition coefficient (Wildman–Crippen LogP) is 2.87. The van der Waals surface area contributed by atoms with Crippen LogP contribution in [-0.4, -0.2) is 19.6 Å². The molecule has 14 heavy (non-hydrogen) atoms. The zero-order chi connectivity index (χ0) is 10.4. The number of methoxy groups -OCH3 is 1. The SMILES string of the molecule is C=C(CCl)COc1ccc(OC)cc1. The van der Waals surface area contributed by atoms with Gasteiger partial charge in [0.05, 0.1) is 7.11 Å². The lowest BCUT2D eigenvalue weighted by atomic mass is 10.3. The third-order valence-electron chi connectivity index (χ3n) is 1.69. The molecule has 2 nitrogen and oxygen atoms in total. The molecule has 0 heterocycles. The van der Waals surface area contributed by atoms with Crippen molar-refractivity contribution in [3.63, 3.8) is 0 Å². The van der Waals surface area contributed by atoms with Crippen LogP contribution in [0.25, 0.3) is 0 Å². The zero-order valence-corrected chi connectivity index (χ0v) is 8.88. The Morgan fingerprint density at radius 2 is 1.86 bits per heavy atom. The molecule has 0 bridgehead atoms. The van der Waals surface area contributed by atoms with Crippen LogP contribution < -0.4 is 9.47 Å². The molecule has 0 amide bonds. The molecule has 0 aliphatic rings. The second-order valence-corrected chi connectivity index (χ2v) is 3.12. The number of ether oxygens (including phenoxy) is 2. The molecule has 0 N–H and O–H groups in total. The van der Waals surface area contributed by atoms with Gasteiger partial charge in [-0.25, -0.2) is 0 Å². The highest BCUT2D eigenvalue weighted by atomic mass is 35.5. The standard InChI is InChI=1S/C11H13ClO2/c1-9(7-12)8-14-11-5-3-10(13-2)4-6-11/h3-6H,1,7-8H2,2H3. The monoisotopic (exact) mass is 212 g/mol. The van der Waals surface area contributed by atoms with Crippen molar-refractivity contribution in [1.82, 2.24) is 0 Å². The maximum atomic E-state index is 5.57. The summed E-state index contributed by atoms with van der Waals surface area (Å²) in [6, 6.07) is 7.39. The van der Waals surface area contributed by atoms with Gasteiger partial charge in [0.25, 0.3) is 0 Å². The molecular weight excluding hydrogens is 200 g/mol. The van der Waals surface area contributed by atoms with E-state index in [1.165, 1.54) is 0 Å². The van der Waals surface area contributed by atoms with Gasteiger partial charge in [0.1, 0.15) is 18.1 Å². The summed E-state index contributed by atoms with van der Waals surface area (Å²) in [7, 11) is 1.63. The minimum absolute atomic E-state index is 0.427. The fraction of sp³-hybridized carbons (Fsp3) is 0.273. The summed E-state index contributed by atoms with van der Waals surface area (Å²) < 4.78 is 10.4. The Hall–Kier alpha value is -1.15. The second kappa shape index (κ2) is 5.55. The van der Waals surface area contributed by atoms with Gasteiger partial charge in [0.2, 0.25) is 0 Å². The Bertz CT molecular complexity index is 293. The Morgan fingerprint density at radius 1 is 1.29 bits per heavy atom. The van der Waals surface area contributed by atoms with Gasteiger partial charge in [-0.15, -0.1) is 11.6 Å². The lowest BCUT2D eigenvalue weighted by Crippen LogP contribution is -2.00. The number of halogens is 1. The molecule has 0 saturated heterocycles. The summed E-state index contributed by atoms with van der Waals surface area (Å²) in [5.41, 5.74) is 0.863. The highest BCUT2D eigenvalue weighted by Gasteiger charge is 1.96. The molecule has 1 aromatic rings. The van der Waals surface area contributed by atoms with Gasteiger partial charge in [0.15, 0.2) is 0 Å². The normalized spacial score (nSPS) is 9.57. The number of hydrogen-bond acceptors (Lipinski definition) is 2. The highest BCUT2D eigenvalue weighted by molar-refractivity contribution is 6.19. The number of hydrogen-bond donors (Lipinski definition) is 0. The first kappa shape index (κ1) is 10.9. The summed E-state index contributed by atoms with van der Waals surface area (Å²) in [6.45, 7) is 4.19. The molecule has 0 spiro atoms. The summed E-state index contributed by atoms with van der Waals surface area (Å²) in [4.78, 5) is 0. The fourth-order valence-corrected chi connectivity index (χ4v) is 0.973. The van der Waals surface area contributed by atoms with Crippen molar-refractivity contribution in [2.75, 3.05) is 19.6 Å². The van der Waals surface area contributed by atoms with Crippen molar-refractivity contribution >= 4 is 11.6 Å². The van der Waals surface area contributed by atoms with E-state index in [2.05, 4.69) is 6.58 Å². The van der Waals surface area contributed by atoms with Crippen LogP contribution in [-0.2, 0) is 0 Å². The summed E-state index contributed by atoms with van der Waals surface area (Å²) in [5.74, 6) is 2.03. The van der Waals surface area contributed by atoms with Gasteiger partial charge in [0, 0.05) is 5.88 Å². The topological polar surface area (TPSA) is 18.5 Å². The van der Waals surface area contributed by atoms with Crippen molar-refractivity contribution in [2.24, 2.45) is 0 Å². The minimum Gasteiger partial charge on any atom is -0.497 e. The first-order chi connectivity index (χ1) is 6.76. The Morgan fingerprint density at radius 3 is 2.36 bits per heavy atom. The molecule has 1 aromatic carbocycles. The highest BCUT2D eigenvalue weighted by Crippen LogP contribution is 2.17. The van der Waals surface area contributed by atoms with Gasteiger partial charge in [-0.2, -0.15) is 0 Å². The van der Waals surface area contributed by atoms with Crippen LogP contribution in [0.3, 0.4) is 0 Å². The molecule has 0 unspecified atom stereocenters. The maximum absolute atomic E-state index is 5.57. The van der Waals surface area contributed by atoms with Crippen molar-refractivity contribution < 1.29 is 9.47 Å². The van der Waals surface area contributed by atoms with E-state index in [4.69, 9.17) is 21.1 Å². The Labute approximate surface area is 89.1 Å². The Balaban J connectivity index is 2.47. The molecule has 76 valence electrons. The van der Waals surface area contributed by atoms with E-state index in [1.807, 2.05) is 24.3 Å². The van der Waals surface area contributed by atoms with E-state index in [1.54, 1.807) is 7.11 Å². The van der Waals surface area contributed by atoms with Crippen LogP contribution >= 0.6 is 11.6 Å². The van der Waals surface area contributed by atoms with E-state index in [-0.39, 0.29) is 0 Å². The van der Waals surface area contributed by atoms with Crippen LogP contribution in [0.1, 0.15) is 0 Å². The van der Waals surface area contributed by atoms with Crippen LogP contribution in [0.5, 0.6) is 11.5 Å². The van der Waals surface area contributed by atoms with Crippen LogP contribution in [0.2, 0.25) is 0 Å². The molecule has 0 aliphatic carbocycles. The first-order valence-electron chi connectivity index (χ1n) is 4.25. The zero-order valence-electron chi connectivity index (χ0n) is 8.13. The number of rotatable bonds is 5. The molecular formula is C11H13ClO2. The summed E-state index contributed by atoms with van der Waals surface area (Å²) in [5, 5.41) is 0. The third-order valence-corrected chi connectivity index (χ3v) is 2.07. The van der Waals surface area contributed by atoms with Gasteiger partial charge in [-0.3, -0.25) is 0 Å². The van der Waals surface area contributed by atoms with Gasteiger partial charge in [-0.05, 0) is 29.8 Å².